The number of hydrogen-bond acceptors (Lipinski definition) is 6. The second-order valence-corrected chi connectivity index (χ2v) is 8.30. The van der Waals surface area contributed by atoms with Crippen molar-refractivity contribution >= 4 is 34.8 Å². The zero-order valence-electron chi connectivity index (χ0n) is 16.5. The lowest BCUT2D eigenvalue weighted by molar-refractivity contribution is -0.605. The Morgan fingerprint density at radius 3 is 2.38 bits per heavy atom. The van der Waals surface area contributed by atoms with Gasteiger partial charge in [0, 0.05) is 18.6 Å². The second-order valence-electron chi connectivity index (χ2n) is 7.48. The quantitative estimate of drug-likeness (QED) is 0.513. The Bertz CT molecular complexity index is 1010. The van der Waals surface area contributed by atoms with E-state index in [1.807, 2.05) is 0 Å². The number of halogens is 4. The van der Waals surface area contributed by atoms with Crippen LogP contribution in [0, 0.1) is 10.6 Å². The Hall–Kier alpha value is -2.56. The molecule has 2 aliphatic heterocycles. The molecule has 8 nitrogen and oxygen atoms in total. The van der Waals surface area contributed by atoms with Crippen molar-refractivity contribution in [2.75, 3.05) is 31.7 Å². The molecule has 1 aromatic carbocycles. The first-order valence-corrected chi connectivity index (χ1v) is 10.4. The molecule has 12 heteroatoms. The van der Waals surface area contributed by atoms with E-state index in [1.54, 1.807) is 0 Å². The molecule has 0 aliphatic carbocycles. The molecule has 2 aromatic rings. The molecule has 0 atom stereocenters. The third kappa shape index (κ3) is 4.62. The van der Waals surface area contributed by atoms with Crippen LogP contribution in [0.3, 0.4) is 0 Å². The second kappa shape index (κ2) is 9.13. The number of hydrogen-bond donors (Lipinski definition) is 1. The molecule has 1 aromatic heterocycles. The van der Waals surface area contributed by atoms with Crippen LogP contribution in [-0.2, 0) is 4.74 Å². The minimum atomic E-state index is -3.09. The topological polar surface area (TPSA) is 93.0 Å². The fourth-order valence-electron chi connectivity index (χ4n) is 3.58. The van der Waals surface area contributed by atoms with Crippen molar-refractivity contribution in [3.8, 4) is 17.2 Å². The highest BCUT2D eigenvalue weighted by Crippen LogP contribution is 2.46. The van der Waals surface area contributed by atoms with Gasteiger partial charge in [-0.3, -0.25) is 4.79 Å². The number of alkyl halides is 2. The van der Waals surface area contributed by atoms with E-state index in [4.69, 9.17) is 37.4 Å². The highest BCUT2D eigenvalue weighted by Gasteiger charge is 2.39. The number of aromatic nitrogens is 1. The first kappa shape index (κ1) is 22.6. The number of rotatable bonds is 4. The summed E-state index contributed by atoms with van der Waals surface area (Å²) in [4.78, 5) is 13.0. The zero-order valence-corrected chi connectivity index (χ0v) is 18.0. The monoisotopic (exact) mass is 490 g/mol. The van der Waals surface area contributed by atoms with E-state index in [-0.39, 0.29) is 57.2 Å². The lowest BCUT2D eigenvalue weighted by Crippen LogP contribution is -2.39. The fraction of sp³-hybridized carbons (Fsp3) is 0.400. The van der Waals surface area contributed by atoms with Crippen molar-refractivity contribution in [2.24, 2.45) is 5.41 Å². The van der Waals surface area contributed by atoms with Gasteiger partial charge in [-0.05, 0) is 25.0 Å². The molecule has 1 amide bonds. The molecule has 0 radical (unpaired) electrons. The van der Waals surface area contributed by atoms with Crippen molar-refractivity contribution in [2.45, 2.75) is 19.5 Å². The largest absolute Gasteiger partial charge is 0.619 e. The highest BCUT2D eigenvalue weighted by atomic mass is 35.5. The molecule has 2 aliphatic rings. The lowest BCUT2D eigenvalue weighted by Gasteiger charge is -2.34. The molecule has 32 heavy (non-hydrogen) atoms. The van der Waals surface area contributed by atoms with Crippen molar-refractivity contribution in [3.63, 3.8) is 0 Å². The summed E-state index contributed by atoms with van der Waals surface area (Å²) in [6.07, 6.45) is 3.35. The van der Waals surface area contributed by atoms with Crippen LogP contribution < -0.4 is 24.3 Å². The van der Waals surface area contributed by atoms with Crippen LogP contribution in [0.1, 0.15) is 23.2 Å². The SMILES string of the molecule is O=C(Nc1c(Cl)c[n+]([O-])cc1Cl)c1ccc(OC(F)F)c2c1OCC1(CCOCC1)CO2. The van der Waals surface area contributed by atoms with Gasteiger partial charge < -0.3 is 29.5 Å². The predicted molar refractivity (Wildman–Crippen MR) is 110 cm³/mol. The standard InChI is InChI=1S/C20H18Cl2F2N2O6/c21-12-7-26(28)8-13(22)15(12)25-18(27)11-1-2-14(32-19(23)24)17-16(11)30-9-20(10-31-17)3-5-29-6-4-20/h1-2,7-8,19H,3-6,9-10H2,(H,25,27). The zero-order chi connectivity index (χ0) is 22.9. The Balaban J connectivity index is 1.69. The Morgan fingerprint density at radius 1 is 1.12 bits per heavy atom. The third-order valence-electron chi connectivity index (χ3n) is 5.33. The molecule has 0 saturated carbocycles. The summed E-state index contributed by atoms with van der Waals surface area (Å²) in [5.74, 6) is -1.07. The summed E-state index contributed by atoms with van der Waals surface area (Å²) in [6, 6.07) is 2.47. The minimum Gasteiger partial charge on any atom is -0.619 e. The number of nitrogens with one attached hydrogen (secondary N) is 1. The van der Waals surface area contributed by atoms with Crippen LogP contribution in [0.25, 0.3) is 0 Å². The smallest absolute Gasteiger partial charge is 0.387 e. The summed E-state index contributed by atoms with van der Waals surface area (Å²) in [5, 5.41) is 13.8. The van der Waals surface area contributed by atoms with E-state index in [2.05, 4.69) is 10.1 Å². The normalized spacial score (nSPS) is 17.2. The molecule has 3 heterocycles. The van der Waals surface area contributed by atoms with Crippen molar-refractivity contribution in [1.82, 2.24) is 0 Å². The van der Waals surface area contributed by atoms with Gasteiger partial charge in [0.1, 0.15) is 10.0 Å². The molecule has 1 N–H and O–H groups in total. The van der Waals surface area contributed by atoms with E-state index >= 15 is 0 Å². The molecule has 1 saturated heterocycles. The van der Waals surface area contributed by atoms with Gasteiger partial charge in [0.15, 0.2) is 11.5 Å². The Morgan fingerprint density at radius 2 is 1.75 bits per heavy atom. The summed E-state index contributed by atoms with van der Waals surface area (Å²) in [5.41, 5.74) is -0.375. The maximum atomic E-state index is 13.0. The van der Waals surface area contributed by atoms with E-state index in [9.17, 15) is 18.8 Å². The van der Waals surface area contributed by atoms with Crippen LogP contribution in [-0.4, -0.2) is 38.9 Å². The van der Waals surface area contributed by atoms with Gasteiger partial charge in [-0.2, -0.15) is 13.5 Å². The van der Waals surface area contributed by atoms with Crippen LogP contribution >= 0.6 is 23.2 Å². The first-order chi connectivity index (χ1) is 15.3. The Labute approximate surface area is 191 Å². The lowest BCUT2D eigenvalue weighted by atomic mass is 9.82. The van der Waals surface area contributed by atoms with E-state index < -0.39 is 12.5 Å². The van der Waals surface area contributed by atoms with Gasteiger partial charge in [-0.15, -0.1) is 0 Å². The average Bonchev–Trinajstić information content (AvgIpc) is 2.91. The summed E-state index contributed by atoms with van der Waals surface area (Å²) in [7, 11) is 0. The molecule has 0 bridgehead atoms. The van der Waals surface area contributed by atoms with Gasteiger partial charge in [0.2, 0.25) is 18.1 Å². The highest BCUT2D eigenvalue weighted by molar-refractivity contribution is 6.39. The molecular formula is C20H18Cl2F2N2O6. The molecule has 4 rings (SSSR count). The summed E-state index contributed by atoms with van der Waals surface area (Å²) >= 11 is 12.0. The number of nitrogens with zero attached hydrogens (tertiary/aromatic N) is 1. The summed E-state index contributed by atoms with van der Waals surface area (Å²) < 4.78 is 48.1. The number of carbonyl (C=O) groups is 1. The van der Waals surface area contributed by atoms with Gasteiger partial charge >= 0.3 is 6.61 Å². The fourth-order valence-corrected chi connectivity index (χ4v) is 4.12. The van der Waals surface area contributed by atoms with E-state index in [0.29, 0.717) is 30.8 Å². The minimum absolute atomic E-state index is 0.00304. The van der Waals surface area contributed by atoms with Crippen molar-refractivity contribution < 1.29 is 37.3 Å². The van der Waals surface area contributed by atoms with Gasteiger partial charge in [0.05, 0.1) is 24.5 Å². The average molecular weight is 491 g/mol. The van der Waals surface area contributed by atoms with Gasteiger partial charge in [-0.1, -0.05) is 23.2 Å². The summed E-state index contributed by atoms with van der Waals surface area (Å²) in [6.45, 7) is -1.68. The number of fused-ring (bicyclic) bond motifs is 1. The molecular weight excluding hydrogens is 473 g/mol. The van der Waals surface area contributed by atoms with Crippen LogP contribution in [0.5, 0.6) is 17.2 Å². The van der Waals surface area contributed by atoms with E-state index in [1.165, 1.54) is 12.1 Å². The predicted octanol–water partition coefficient (Wildman–Crippen LogP) is 4.05. The van der Waals surface area contributed by atoms with E-state index in [0.717, 1.165) is 12.4 Å². The van der Waals surface area contributed by atoms with Gasteiger partial charge in [-0.25, -0.2) is 0 Å². The van der Waals surface area contributed by atoms with Crippen molar-refractivity contribution in [3.05, 3.63) is 45.3 Å². The van der Waals surface area contributed by atoms with Crippen LogP contribution in [0.4, 0.5) is 14.5 Å². The number of ether oxygens (including phenoxy) is 4. The number of pyridine rings is 1. The maximum absolute atomic E-state index is 13.0. The number of carbonyl (C=O) groups excluding carboxylic acids is 1. The number of amides is 1. The molecule has 1 spiro atoms. The van der Waals surface area contributed by atoms with Gasteiger partial charge in [0.25, 0.3) is 5.91 Å². The molecule has 1 fully saturated rings. The van der Waals surface area contributed by atoms with Crippen LogP contribution in [0.2, 0.25) is 10.0 Å². The number of anilines is 1. The molecule has 172 valence electrons. The number of benzene rings is 1. The Kier molecular flexibility index (Phi) is 6.45. The van der Waals surface area contributed by atoms with Crippen LogP contribution in [0.15, 0.2) is 24.5 Å². The maximum Gasteiger partial charge on any atom is 0.387 e. The van der Waals surface area contributed by atoms with Crippen molar-refractivity contribution in [1.29, 1.82) is 0 Å². The molecule has 0 unspecified atom stereocenters. The first-order valence-electron chi connectivity index (χ1n) is 9.62. The third-order valence-corrected chi connectivity index (χ3v) is 5.91.